The molecule has 1 aliphatic rings. The van der Waals surface area contributed by atoms with E-state index in [9.17, 15) is 14.7 Å². The number of rotatable bonds is 4. The molecule has 1 aromatic heterocycles. The third-order valence-corrected chi connectivity index (χ3v) is 5.41. The summed E-state index contributed by atoms with van der Waals surface area (Å²) in [6.45, 7) is 1.80. The van der Waals surface area contributed by atoms with Crippen LogP contribution in [-0.4, -0.2) is 21.2 Å². The Morgan fingerprint density at radius 1 is 1.14 bits per heavy atom. The second kappa shape index (κ2) is 7.91. The minimum absolute atomic E-state index is 0.0853. The molecular weight excluding hydrogens is 366 g/mol. The molecule has 0 fully saturated rings. The van der Waals surface area contributed by atoms with Crippen molar-refractivity contribution in [3.63, 3.8) is 0 Å². The summed E-state index contributed by atoms with van der Waals surface area (Å²) in [6, 6.07) is 12.4. The number of benzene rings is 2. The fraction of sp³-hybridized carbons (Fsp3) is 0.261. The van der Waals surface area contributed by atoms with E-state index in [-0.39, 0.29) is 17.2 Å². The summed E-state index contributed by atoms with van der Waals surface area (Å²) in [6.07, 6.45) is 4.33. The van der Waals surface area contributed by atoms with Gasteiger partial charge in [-0.1, -0.05) is 18.2 Å². The molecule has 4 rings (SSSR count). The quantitative estimate of drug-likeness (QED) is 0.636. The van der Waals surface area contributed by atoms with Gasteiger partial charge in [0.25, 0.3) is 11.5 Å². The third kappa shape index (κ3) is 4.06. The molecule has 0 bridgehead atoms. The molecule has 2 aromatic carbocycles. The third-order valence-electron chi connectivity index (χ3n) is 5.41. The molecule has 0 radical (unpaired) electrons. The molecule has 1 heterocycles. The topological polar surface area (TPSA) is 95.1 Å². The molecule has 148 valence electrons. The Bertz CT molecular complexity index is 1130. The second-order valence-electron chi connectivity index (χ2n) is 7.50. The highest BCUT2D eigenvalue weighted by atomic mass is 16.3. The monoisotopic (exact) mass is 389 g/mol. The first-order valence-corrected chi connectivity index (χ1v) is 9.80. The van der Waals surface area contributed by atoms with E-state index < -0.39 is 0 Å². The van der Waals surface area contributed by atoms with Gasteiger partial charge in [-0.15, -0.1) is 0 Å². The number of aromatic hydroxyl groups is 1. The number of carbonyl (C=O) groups is 1. The first-order valence-electron chi connectivity index (χ1n) is 9.80. The second-order valence-corrected chi connectivity index (χ2v) is 7.50. The van der Waals surface area contributed by atoms with E-state index in [0.29, 0.717) is 17.7 Å². The van der Waals surface area contributed by atoms with E-state index in [1.165, 1.54) is 6.07 Å². The predicted molar refractivity (Wildman–Crippen MR) is 112 cm³/mol. The van der Waals surface area contributed by atoms with Crippen molar-refractivity contribution in [2.45, 2.75) is 39.0 Å². The largest absolute Gasteiger partial charge is 0.508 e. The molecule has 1 aliphatic carbocycles. The lowest BCUT2D eigenvalue weighted by molar-refractivity contribution is 0.102. The van der Waals surface area contributed by atoms with Gasteiger partial charge in [0.2, 0.25) is 0 Å². The average molecular weight is 389 g/mol. The molecule has 0 saturated carbocycles. The number of hydrogen-bond acceptors (Lipinski definition) is 4. The highest BCUT2D eigenvalue weighted by Gasteiger charge is 2.18. The fourth-order valence-electron chi connectivity index (χ4n) is 3.78. The summed E-state index contributed by atoms with van der Waals surface area (Å²) in [4.78, 5) is 24.7. The fourth-order valence-corrected chi connectivity index (χ4v) is 3.78. The molecule has 0 atom stereocenters. The van der Waals surface area contributed by atoms with E-state index in [4.69, 9.17) is 0 Å². The highest BCUT2D eigenvalue weighted by Crippen LogP contribution is 2.23. The van der Waals surface area contributed by atoms with E-state index in [2.05, 4.69) is 15.5 Å². The van der Waals surface area contributed by atoms with Crippen LogP contribution in [0.4, 0.5) is 5.69 Å². The summed E-state index contributed by atoms with van der Waals surface area (Å²) in [5.74, 6) is -0.1000. The number of amides is 1. The maximum atomic E-state index is 12.6. The number of phenols is 1. The molecular formula is C23H23N3O3. The number of aryl methyl sites for hydroxylation is 1. The van der Waals surface area contributed by atoms with Crippen LogP contribution in [0.25, 0.3) is 0 Å². The van der Waals surface area contributed by atoms with E-state index >= 15 is 0 Å². The maximum Gasteiger partial charge on any atom is 0.267 e. The number of phenolic OH excluding ortho intramolecular Hbond substituents is 1. The van der Waals surface area contributed by atoms with Gasteiger partial charge in [-0.3, -0.25) is 9.59 Å². The van der Waals surface area contributed by atoms with Gasteiger partial charge >= 0.3 is 0 Å². The molecule has 3 aromatic rings. The first-order chi connectivity index (χ1) is 14.0. The Kier molecular flexibility index (Phi) is 5.16. The van der Waals surface area contributed by atoms with Gasteiger partial charge in [0, 0.05) is 29.3 Å². The van der Waals surface area contributed by atoms with Gasteiger partial charge in [-0.2, -0.15) is 5.10 Å². The van der Waals surface area contributed by atoms with Crippen molar-refractivity contribution in [2.24, 2.45) is 0 Å². The van der Waals surface area contributed by atoms with Crippen molar-refractivity contribution in [3.05, 3.63) is 86.3 Å². The summed E-state index contributed by atoms with van der Waals surface area (Å²) in [5, 5.41) is 19.5. The van der Waals surface area contributed by atoms with Gasteiger partial charge in [0.15, 0.2) is 0 Å². The van der Waals surface area contributed by atoms with Crippen LogP contribution in [0, 0.1) is 6.92 Å². The number of H-pyrrole nitrogens is 1. The molecule has 29 heavy (non-hydrogen) atoms. The molecule has 0 saturated heterocycles. The van der Waals surface area contributed by atoms with Crippen LogP contribution in [0.3, 0.4) is 0 Å². The molecule has 1 amide bonds. The number of aromatic nitrogens is 2. The van der Waals surface area contributed by atoms with Gasteiger partial charge in [-0.25, -0.2) is 5.10 Å². The SMILES string of the molecule is Cc1ccc(NC(=O)c2cccc(Cc3n[nH]c(=O)c4c3CCCC4)c2)cc1O. The number of nitrogens with one attached hydrogen (secondary N) is 2. The summed E-state index contributed by atoms with van der Waals surface area (Å²) in [5.41, 5.74) is 5.48. The minimum Gasteiger partial charge on any atom is -0.508 e. The number of nitrogens with zero attached hydrogens (tertiary/aromatic N) is 1. The Morgan fingerprint density at radius 3 is 2.72 bits per heavy atom. The smallest absolute Gasteiger partial charge is 0.267 e. The normalized spacial score (nSPS) is 13.0. The molecule has 0 unspecified atom stereocenters. The van der Waals surface area contributed by atoms with Crippen LogP contribution in [0.1, 0.15) is 51.1 Å². The van der Waals surface area contributed by atoms with Crippen LogP contribution in [0.5, 0.6) is 5.75 Å². The molecule has 0 aliphatic heterocycles. The molecule has 3 N–H and O–H groups in total. The van der Waals surface area contributed by atoms with E-state index in [0.717, 1.165) is 53.6 Å². The zero-order valence-corrected chi connectivity index (χ0v) is 16.3. The van der Waals surface area contributed by atoms with E-state index in [1.54, 1.807) is 25.1 Å². The summed E-state index contributed by atoms with van der Waals surface area (Å²) < 4.78 is 0. The lowest BCUT2D eigenvalue weighted by Crippen LogP contribution is -2.23. The first kappa shape index (κ1) is 18.9. The summed E-state index contributed by atoms with van der Waals surface area (Å²) in [7, 11) is 0. The highest BCUT2D eigenvalue weighted by molar-refractivity contribution is 6.04. The molecule has 6 heteroatoms. The lowest BCUT2D eigenvalue weighted by Gasteiger charge is -2.17. The lowest BCUT2D eigenvalue weighted by atomic mass is 9.90. The standard InChI is InChI=1S/C23H23N3O3/c1-14-9-10-17(13-21(14)27)24-22(28)16-6-4-5-15(11-16)12-20-18-7-2-3-8-19(18)23(29)26-25-20/h4-6,9-11,13,27H,2-3,7-8,12H2,1H3,(H,24,28)(H,26,29). The number of fused-ring (bicyclic) bond motifs is 1. The zero-order valence-electron chi connectivity index (χ0n) is 16.3. The predicted octanol–water partition coefficient (Wildman–Crippen LogP) is 3.51. The van der Waals surface area contributed by atoms with Gasteiger partial charge < -0.3 is 10.4 Å². The van der Waals surface area contributed by atoms with Gasteiger partial charge in [0.1, 0.15) is 5.75 Å². The van der Waals surface area contributed by atoms with Crippen molar-refractivity contribution >= 4 is 11.6 Å². The Hall–Kier alpha value is -3.41. The van der Waals surface area contributed by atoms with Gasteiger partial charge in [0.05, 0.1) is 5.69 Å². The van der Waals surface area contributed by atoms with Gasteiger partial charge in [-0.05, 0) is 67.5 Å². The number of carbonyl (C=O) groups excluding carboxylic acids is 1. The number of hydrogen-bond donors (Lipinski definition) is 3. The Labute approximate surface area is 168 Å². The Morgan fingerprint density at radius 2 is 1.93 bits per heavy atom. The maximum absolute atomic E-state index is 12.6. The minimum atomic E-state index is -0.244. The van der Waals surface area contributed by atoms with Crippen molar-refractivity contribution in [3.8, 4) is 5.75 Å². The van der Waals surface area contributed by atoms with Crippen molar-refractivity contribution < 1.29 is 9.90 Å². The zero-order chi connectivity index (χ0) is 20.4. The average Bonchev–Trinajstić information content (AvgIpc) is 2.73. The van der Waals surface area contributed by atoms with Crippen molar-refractivity contribution in [1.29, 1.82) is 0 Å². The summed E-state index contributed by atoms with van der Waals surface area (Å²) >= 11 is 0. The van der Waals surface area contributed by atoms with Crippen molar-refractivity contribution in [2.75, 3.05) is 5.32 Å². The van der Waals surface area contributed by atoms with Crippen molar-refractivity contribution in [1.82, 2.24) is 10.2 Å². The van der Waals surface area contributed by atoms with E-state index in [1.807, 2.05) is 18.2 Å². The Balaban J connectivity index is 1.55. The molecule has 6 nitrogen and oxygen atoms in total. The van der Waals surface area contributed by atoms with Crippen LogP contribution >= 0.6 is 0 Å². The molecule has 0 spiro atoms. The number of aromatic amines is 1. The van der Waals surface area contributed by atoms with Crippen LogP contribution in [0.2, 0.25) is 0 Å². The number of anilines is 1. The van der Waals surface area contributed by atoms with Crippen LogP contribution in [-0.2, 0) is 19.3 Å². The van der Waals surface area contributed by atoms with Crippen LogP contribution in [0.15, 0.2) is 47.3 Å². The van der Waals surface area contributed by atoms with Crippen LogP contribution < -0.4 is 10.9 Å².